The third kappa shape index (κ3) is 2.79. The van der Waals surface area contributed by atoms with Gasteiger partial charge in [-0.2, -0.15) is 0 Å². The molecule has 0 unspecified atom stereocenters. The number of Topliss-reactive ketones (excluding diaryl/α,β-unsaturated/α-hetero) is 1. The molecule has 1 aliphatic rings. The monoisotopic (exact) mass is 276 g/mol. The number of carbonyl (C=O) groups excluding carboxylic acids is 3. The lowest BCUT2D eigenvalue weighted by Gasteiger charge is -2.32. The van der Waals surface area contributed by atoms with Crippen molar-refractivity contribution >= 4 is 18.1 Å². The highest BCUT2D eigenvalue weighted by molar-refractivity contribution is 6.43. The van der Waals surface area contributed by atoms with E-state index >= 15 is 0 Å². The third-order valence-electron chi connectivity index (χ3n) is 3.30. The number of amides is 2. The molecule has 1 heterocycles. The smallest absolute Gasteiger partial charge is 0.295 e. The first-order valence-electron chi connectivity index (χ1n) is 6.33. The first-order chi connectivity index (χ1) is 9.67. The predicted octanol–water partition coefficient (Wildman–Crippen LogP) is 0.178. The summed E-state index contributed by atoms with van der Waals surface area (Å²) in [6.07, 6.45) is 0.754. The largest absolute Gasteiger partial charge is 0.496 e. The van der Waals surface area contributed by atoms with Crippen LogP contribution in [-0.4, -0.2) is 61.2 Å². The van der Waals surface area contributed by atoms with Crippen molar-refractivity contribution in [1.29, 1.82) is 0 Å². The van der Waals surface area contributed by atoms with Crippen LogP contribution in [-0.2, 0) is 9.59 Å². The van der Waals surface area contributed by atoms with Gasteiger partial charge in [-0.1, -0.05) is 12.1 Å². The molecule has 0 N–H and O–H groups in total. The maximum atomic E-state index is 12.2. The highest BCUT2D eigenvalue weighted by Crippen LogP contribution is 2.19. The van der Waals surface area contributed by atoms with E-state index in [2.05, 4.69) is 0 Å². The van der Waals surface area contributed by atoms with E-state index in [1.54, 1.807) is 29.2 Å². The van der Waals surface area contributed by atoms with E-state index in [1.807, 2.05) is 0 Å². The van der Waals surface area contributed by atoms with Gasteiger partial charge in [-0.05, 0) is 12.1 Å². The van der Waals surface area contributed by atoms with E-state index in [1.165, 1.54) is 12.0 Å². The number of rotatable bonds is 4. The van der Waals surface area contributed by atoms with Crippen LogP contribution in [0, 0.1) is 0 Å². The number of hydrogen-bond donors (Lipinski definition) is 0. The Morgan fingerprint density at radius 3 is 2.40 bits per heavy atom. The molecule has 1 fully saturated rings. The van der Waals surface area contributed by atoms with E-state index in [0.717, 1.165) is 6.41 Å². The Balaban J connectivity index is 2.09. The first kappa shape index (κ1) is 14.0. The van der Waals surface area contributed by atoms with Crippen molar-refractivity contribution < 1.29 is 19.1 Å². The Labute approximate surface area is 116 Å². The van der Waals surface area contributed by atoms with Crippen molar-refractivity contribution in [2.24, 2.45) is 0 Å². The molecule has 0 aliphatic carbocycles. The normalized spacial score (nSPS) is 14.8. The lowest BCUT2D eigenvalue weighted by atomic mass is 10.1. The van der Waals surface area contributed by atoms with Crippen LogP contribution >= 0.6 is 0 Å². The van der Waals surface area contributed by atoms with Crippen molar-refractivity contribution in [1.82, 2.24) is 9.80 Å². The molecule has 2 rings (SSSR count). The van der Waals surface area contributed by atoms with Crippen LogP contribution in [0.4, 0.5) is 0 Å². The Kier molecular flexibility index (Phi) is 4.34. The van der Waals surface area contributed by atoms with Crippen molar-refractivity contribution in [3.05, 3.63) is 29.8 Å². The van der Waals surface area contributed by atoms with Gasteiger partial charge >= 0.3 is 0 Å². The minimum atomic E-state index is -0.581. The molecule has 106 valence electrons. The van der Waals surface area contributed by atoms with E-state index in [9.17, 15) is 14.4 Å². The minimum Gasteiger partial charge on any atom is -0.496 e. The van der Waals surface area contributed by atoms with Gasteiger partial charge in [0.2, 0.25) is 6.41 Å². The summed E-state index contributed by atoms with van der Waals surface area (Å²) in [7, 11) is 1.46. The van der Waals surface area contributed by atoms with Crippen LogP contribution < -0.4 is 4.74 Å². The number of piperazine rings is 1. The summed E-state index contributed by atoms with van der Waals surface area (Å²) >= 11 is 0. The molecular formula is C14H16N2O4. The first-order valence-corrected chi connectivity index (χ1v) is 6.33. The summed E-state index contributed by atoms with van der Waals surface area (Å²) in [5, 5.41) is 0. The number of nitrogens with zero attached hydrogens (tertiary/aromatic N) is 2. The van der Waals surface area contributed by atoms with E-state index in [4.69, 9.17) is 4.74 Å². The summed E-state index contributed by atoms with van der Waals surface area (Å²) in [6, 6.07) is 6.64. The molecule has 0 atom stereocenters. The number of para-hydroxylation sites is 1. The van der Waals surface area contributed by atoms with Crippen LogP contribution in [0.25, 0.3) is 0 Å². The van der Waals surface area contributed by atoms with Gasteiger partial charge < -0.3 is 14.5 Å². The SMILES string of the molecule is COc1ccccc1C(=O)C(=O)N1CCN(C=O)CC1. The van der Waals surface area contributed by atoms with Gasteiger partial charge in [0.25, 0.3) is 11.7 Å². The number of ketones is 1. The Hall–Kier alpha value is -2.37. The van der Waals surface area contributed by atoms with Gasteiger partial charge in [-0.15, -0.1) is 0 Å². The molecule has 20 heavy (non-hydrogen) atoms. The number of benzene rings is 1. The van der Waals surface area contributed by atoms with Crippen molar-refractivity contribution in [3.63, 3.8) is 0 Å². The molecular weight excluding hydrogens is 260 g/mol. The number of carbonyl (C=O) groups is 3. The van der Waals surface area contributed by atoms with Crippen LogP contribution in [0.3, 0.4) is 0 Å². The molecule has 6 heteroatoms. The van der Waals surface area contributed by atoms with Crippen LogP contribution in [0.5, 0.6) is 5.75 Å². The molecule has 1 aromatic rings. The van der Waals surface area contributed by atoms with Gasteiger partial charge in [0, 0.05) is 26.2 Å². The van der Waals surface area contributed by atoms with Crippen LogP contribution in [0.2, 0.25) is 0 Å². The fraction of sp³-hybridized carbons (Fsp3) is 0.357. The number of ether oxygens (including phenoxy) is 1. The van der Waals surface area contributed by atoms with Gasteiger partial charge in [0.1, 0.15) is 5.75 Å². The predicted molar refractivity (Wildman–Crippen MR) is 71.5 cm³/mol. The molecule has 6 nitrogen and oxygen atoms in total. The Morgan fingerprint density at radius 1 is 1.15 bits per heavy atom. The zero-order valence-corrected chi connectivity index (χ0v) is 11.2. The van der Waals surface area contributed by atoms with Crippen molar-refractivity contribution in [3.8, 4) is 5.75 Å². The summed E-state index contributed by atoms with van der Waals surface area (Å²) in [5.41, 5.74) is 0.262. The van der Waals surface area contributed by atoms with E-state index in [-0.39, 0.29) is 5.56 Å². The maximum Gasteiger partial charge on any atom is 0.295 e. The summed E-state index contributed by atoms with van der Waals surface area (Å²) in [4.78, 5) is 38.1. The van der Waals surface area contributed by atoms with Gasteiger partial charge in [0.05, 0.1) is 12.7 Å². The summed E-state index contributed by atoms with van der Waals surface area (Å²) in [6.45, 7) is 1.65. The number of methoxy groups -OCH3 is 1. The fourth-order valence-corrected chi connectivity index (χ4v) is 2.12. The molecule has 0 aromatic heterocycles. The molecule has 1 aromatic carbocycles. The maximum absolute atomic E-state index is 12.2. The highest BCUT2D eigenvalue weighted by Gasteiger charge is 2.27. The summed E-state index contributed by atoms with van der Waals surface area (Å²) in [5.74, 6) is -0.751. The van der Waals surface area contributed by atoms with E-state index < -0.39 is 11.7 Å². The quantitative estimate of drug-likeness (QED) is 0.447. The molecule has 0 spiro atoms. The highest BCUT2D eigenvalue weighted by atomic mass is 16.5. The second-order valence-corrected chi connectivity index (χ2v) is 4.46. The second-order valence-electron chi connectivity index (χ2n) is 4.46. The zero-order valence-electron chi connectivity index (χ0n) is 11.2. The summed E-state index contributed by atoms with van der Waals surface area (Å²) < 4.78 is 5.09. The molecule has 1 saturated heterocycles. The zero-order chi connectivity index (χ0) is 14.5. The lowest BCUT2D eigenvalue weighted by Crippen LogP contribution is -2.50. The average Bonchev–Trinajstić information content (AvgIpc) is 2.53. The standard InChI is InChI=1S/C14H16N2O4/c1-20-12-5-3-2-4-11(12)13(18)14(19)16-8-6-15(10-17)7-9-16/h2-5,10H,6-9H2,1H3. The number of hydrogen-bond acceptors (Lipinski definition) is 4. The second kappa shape index (κ2) is 6.18. The average molecular weight is 276 g/mol. The Morgan fingerprint density at radius 2 is 1.80 bits per heavy atom. The van der Waals surface area contributed by atoms with Crippen LogP contribution in [0.1, 0.15) is 10.4 Å². The fourth-order valence-electron chi connectivity index (χ4n) is 2.12. The molecule has 0 bridgehead atoms. The lowest BCUT2D eigenvalue weighted by molar-refractivity contribution is -0.131. The van der Waals surface area contributed by atoms with Gasteiger partial charge in [0.15, 0.2) is 0 Å². The molecule has 1 aliphatic heterocycles. The topological polar surface area (TPSA) is 66.9 Å². The van der Waals surface area contributed by atoms with Crippen LogP contribution in [0.15, 0.2) is 24.3 Å². The van der Waals surface area contributed by atoms with Gasteiger partial charge in [-0.3, -0.25) is 14.4 Å². The third-order valence-corrected chi connectivity index (χ3v) is 3.30. The van der Waals surface area contributed by atoms with Crippen molar-refractivity contribution in [2.75, 3.05) is 33.3 Å². The molecule has 0 radical (unpaired) electrons. The molecule has 2 amide bonds. The van der Waals surface area contributed by atoms with Crippen molar-refractivity contribution in [2.45, 2.75) is 0 Å². The van der Waals surface area contributed by atoms with Gasteiger partial charge in [-0.25, -0.2) is 0 Å². The minimum absolute atomic E-state index is 0.262. The molecule has 0 saturated carbocycles. The Bertz CT molecular complexity index is 522. The van der Waals surface area contributed by atoms with E-state index in [0.29, 0.717) is 31.9 Å².